The molecule has 1 N–H and O–H groups in total. The normalized spacial score (nSPS) is 10.4. The van der Waals surface area contributed by atoms with Gasteiger partial charge in [0.05, 0.1) is 0 Å². The molecule has 0 atom stereocenters. The molecule has 2 aromatic rings. The highest BCUT2D eigenvalue weighted by atomic mass is 35.5. The van der Waals surface area contributed by atoms with Crippen LogP contribution in [-0.4, -0.2) is 22.0 Å². The second kappa shape index (κ2) is 5.40. The number of halogens is 1. The van der Waals surface area contributed by atoms with Crippen molar-refractivity contribution in [3.63, 3.8) is 0 Å². The Bertz CT molecular complexity index is 616. The van der Waals surface area contributed by atoms with Crippen LogP contribution >= 0.6 is 11.6 Å². The van der Waals surface area contributed by atoms with Gasteiger partial charge in [-0.15, -0.1) is 0 Å². The van der Waals surface area contributed by atoms with E-state index in [9.17, 15) is 0 Å². The lowest BCUT2D eigenvalue weighted by Gasteiger charge is -2.11. The molecule has 0 aliphatic rings. The van der Waals surface area contributed by atoms with Gasteiger partial charge in [0.15, 0.2) is 0 Å². The molecular weight excluding hydrogens is 264 g/mol. The van der Waals surface area contributed by atoms with E-state index in [0.717, 1.165) is 22.4 Å². The summed E-state index contributed by atoms with van der Waals surface area (Å²) in [6.45, 7) is 6.04. The molecular formula is C13H15ClN4O. The van der Waals surface area contributed by atoms with Crippen molar-refractivity contribution in [2.45, 2.75) is 20.8 Å². The second-order valence-corrected chi connectivity index (χ2v) is 4.61. The van der Waals surface area contributed by atoms with E-state index in [4.69, 9.17) is 16.3 Å². The number of rotatable bonds is 3. The highest BCUT2D eigenvalue weighted by Crippen LogP contribution is 2.27. The SMILES string of the molecule is CNc1nc(Cl)nc(Oc2cc(C)cc(C)c2C)n1. The second-order valence-electron chi connectivity index (χ2n) is 4.27. The van der Waals surface area contributed by atoms with Gasteiger partial charge in [0, 0.05) is 7.05 Å². The average molecular weight is 279 g/mol. The highest BCUT2D eigenvalue weighted by molar-refractivity contribution is 6.28. The molecule has 1 heterocycles. The maximum absolute atomic E-state index is 5.82. The summed E-state index contributed by atoms with van der Waals surface area (Å²) in [6.07, 6.45) is 0. The minimum absolute atomic E-state index is 0.0939. The minimum atomic E-state index is 0.0939. The fourth-order valence-corrected chi connectivity index (χ4v) is 1.85. The number of aryl methyl sites for hydroxylation is 2. The lowest BCUT2D eigenvalue weighted by Crippen LogP contribution is -2.02. The summed E-state index contributed by atoms with van der Waals surface area (Å²) in [5, 5.41) is 2.90. The first-order valence-corrected chi connectivity index (χ1v) is 6.22. The van der Waals surface area contributed by atoms with E-state index < -0.39 is 0 Å². The molecule has 100 valence electrons. The Kier molecular flexibility index (Phi) is 3.85. The molecule has 6 heteroatoms. The predicted octanol–water partition coefficient (Wildman–Crippen LogP) is 3.28. The zero-order valence-electron chi connectivity index (χ0n) is 11.3. The number of nitrogens with zero attached hydrogens (tertiary/aromatic N) is 3. The van der Waals surface area contributed by atoms with Crippen molar-refractivity contribution < 1.29 is 4.74 Å². The Balaban J connectivity index is 2.38. The number of ether oxygens (including phenoxy) is 1. The Morgan fingerprint density at radius 2 is 1.84 bits per heavy atom. The summed E-state index contributed by atoms with van der Waals surface area (Å²) in [5.41, 5.74) is 3.32. The molecule has 0 saturated heterocycles. The van der Waals surface area contributed by atoms with Gasteiger partial charge < -0.3 is 10.1 Å². The summed E-state index contributed by atoms with van der Waals surface area (Å²) in [6, 6.07) is 4.22. The van der Waals surface area contributed by atoms with Crippen molar-refractivity contribution in [2.24, 2.45) is 0 Å². The summed E-state index contributed by atoms with van der Waals surface area (Å²) in [5.74, 6) is 1.10. The first kappa shape index (κ1) is 13.5. The van der Waals surface area contributed by atoms with Crippen LogP contribution in [0.25, 0.3) is 0 Å². The molecule has 0 saturated carbocycles. The highest BCUT2D eigenvalue weighted by Gasteiger charge is 2.09. The molecule has 5 nitrogen and oxygen atoms in total. The van der Waals surface area contributed by atoms with Crippen LogP contribution in [0.3, 0.4) is 0 Å². The predicted molar refractivity (Wildman–Crippen MR) is 75.1 cm³/mol. The summed E-state index contributed by atoms with van der Waals surface area (Å²) < 4.78 is 5.71. The maximum Gasteiger partial charge on any atom is 0.328 e. The first-order valence-electron chi connectivity index (χ1n) is 5.84. The molecule has 0 spiro atoms. The monoisotopic (exact) mass is 278 g/mol. The van der Waals surface area contributed by atoms with Crippen LogP contribution in [-0.2, 0) is 0 Å². The van der Waals surface area contributed by atoms with Gasteiger partial charge in [-0.05, 0) is 55.1 Å². The van der Waals surface area contributed by atoms with E-state index in [0.29, 0.717) is 5.95 Å². The molecule has 2 rings (SSSR count). The molecule has 0 bridgehead atoms. The number of aromatic nitrogens is 3. The third kappa shape index (κ3) is 3.12. The van der Waals surface area contributed by atoms with Gasteiger partial charge in [-0.2, -0.15) is 15.0 Å². The first-order chi connectivity index (χ1) is 8.99. The Morgan fingerprint density at radius 3 is 2.53 bits per heavy atom. The van der Waals surface area contributed by atoms with E-state index in [1.54, 1.807) is 7.05 Å². The molecule has 0 aliphatic heterocycles. The molecule has 0 amide bonds. The maximum atomic E-state index is 5.82. The van der Waals surface area contributed by atoms with Gasteiger partial charge in [0.25, 0.3) is 0 Å². The number of hydrogen-bond acceptors (Lipinski definition) is 5. The summed E-state index contributed by atoms with van der Waals surface area (Å²) >= 11 is 5.82. The minimum Gasteiger partial charge on any atom is -0.424 e. The lowest BCUT2D eigenvalue weighted by molar-refractivity contribution is 0.436. The van der Waals surface area contributed by atoms with Crippen molar-refractivity contribution in [2.75, 3.05) is 12.4 Å². The van der Waals surface area contributed by atoms with Crippen LogP contribution in [0.4, 0.5) is 5.95 Å². The third-order valence-corrected chi connectivity index (χ3v) is 2.95. The number of anilines is 1. The number of nitrogens with one attached hydrogen (secondary N) is 1. The van der Waals surface area contributed by atoms with Crippen LogP contribution < -0.4 is 10.1 Å². The van der Waals surface area contributed by atoms with Crippen LogP contribution in [0.15, 0.2) is 12.1 Å². The van der Waals surface area contributed by atoms with Crippen LogP contribution in [0, 0.1) is 20.8 Å². The number of hydrogen-bond donors (Lipinski definition) is 1. The molecule has 0 unspecified atom stereocenters. The number of benzene rings is 1. The summed E-state index contributed by atoms with van der Waals surface area (Å²) in [4.78, 5) is 12.0. The quantitative estimate of drug-likeness (QED) is 0.933. The van der Waals surface area contributed by atoms with Gasteiger partial charge in [-0.25, -0.2) is 0 Å². The van der Waals surface area contributed by atoms with Gasteiger partial charge in [-0.3, -0.25) is 0 Å². The molecule has 0 aliphatic carbocycles. The molecule has 0 fully saturated rings. The Morgan fingerprint density at radius 1 is 1.11 bits per heavy atom. The zero-order chi connectivity index (χ0) is 14.0. The van der Waals surface area contributed by atoms with Gasteiger partial charge >= 0.3 is 6.01 Å². The van der Waals surface area contributed by atoms with Crippen molar-refractivity contribution in [1.82, 2.24) is 15.0 Å². The average Bonchev–Trinajstić information content (AvgIpc) is 2.34. The van der Waals surface area contributed by atoms with Gasteiger partial charge in [-0.1, -0.05) is 6.07 Å². The molecule has 1 aromatic heterocycles. The lowest BCUT2D eigenvalue weighted by atomic mass is 10.1. The van der Waals surface area contributed by atoms with Crippen LogP contribution in [0.2, 0.25) is 5.28 Å². The van der Waals surface area contributed by atoms with E-state index in [2.05, 4.69) is 26.3 Å². The van der Waals surface area contributed by atoms with Gasteiger partial charge in [0.2, 0.25) is 11.2 Å². The Hall–Kier alpha value is -1.88. The van der Waals surface area contributed by atoms with E-state index >= 15 is 0 Å². The topological polar surface area (TPSA) is 59.9 Å². The molecule has 0 radical (unpaired) electrons. The van der Waals surface area contributed by atoms with E-state index in [1.807, 2.05) is 26.8 Å². The van der Waals surface area contributed by atoms with Crippen LogP contribution in [0.1, 0.15) is 16.7 Å². The van der Waals surface area contributed by atoms with Crippen molar-refractivity contribution in [3.8, 4) is 11.8 Å². The Labute approximate surface area is 117 Å². The third-order valence-electron chi connectivity index (χ3n) is 2.78. The smallest absolute Gasteiger partial charge is 0.328 e. The van der Waals surface area contributed by atoms with Crippen LogP contribution in [0.5, 0.6) is 11.8 Å². The molecule has 1 aromatic carbocycles. The molecule has 19 heavy (non-hydrogen) atoms. The van der Waals surface area contributed by atoms with E-state index in [1.165, 1.54) is 0 Å². The standard InChI is InChI=1S/C13H15ClN4O/c1-7-5-8(2)9(3)10(6-7)19-13-17-11(14)16-12(15-4)18-13/h5-6H,1-4H3,(H,15,16,17,18). The van der Waals surface area contributed by atoms with Crippen molar-refractivity contribution in [1.29, 1.82) is 0 Å². The fraction of sp³-hybridized carbons (Fsp3) is 0.308. The van der Waals surface area contributed by atoms with Gasteiger partial charge in [0.1, 0.15) is 5.75 Å². The zero-order valence-corrected chi connectivity index (χ0v) is 12.0. The summed E-state index contributed by atoms with van der Waals surface area (Å²) in [7, 11) is 1.71. The van der Waals surface area contributed by atoms with E-state index in [-0.39, 0.29) is 11.3 Å². The van der Waals surface area contributed by atoms with Crippen molar-refractivity contribution in [3.05, 3.63) is 34.1 Å². The van der Waals surface area contributed by atoms with Crippen molar-refractivity contribution >= 4 is 17.5 Å². The fourth-order valence-electron chi connectivity index (χ4n) is 1.69. The largest absolute Gasteiger partial charge is 0.424 e.